The van der Waals surface area contributed by atoms with E-state index in [1.54, 1.807) is 4.90 Å². The summed E-state index contributed by atoms with van der Waals surface area (Å²) in [6.07, 6.45) is -0.311. The monoisotopic (exact) mass is 408 g/mol. The topological polar surface area (TPSA) is 107 Å². The quantitative estimate of drug-likeness (QED) is 0.780. The number of fused-ring (bicyclic) bond motifs is 1. The number of nitrogens with zero attached hydrogens (tertiary/aromatic N) is 1. The van der Waals surface area contributed by atoms with E-state index < -0.39 is 22.1 Å². The molecule has 0 aliphatic carbocycles. The van der Waals surface area contributed by atoms with Crippen LogP contribution in [0.5, 0.6) is 0 Å². The number of nitrogens with two attached hydrogens (primary N) is 1. The van der Waals surface area contributed by atoms with Gasteiger partial charge in [-0.3, -0.25) is 4.79 Å². The van der Waals surface area contributed by atoms with Gasteiger partial charge in [0.25, 0.3) is 5.91 Å². The molecule has 0 saturated carbocycles. The second kappa shape index (κ2) is 7.30. The van der Waals surface area contributed by atoms with E-state index in [2.05, 4.69) is 0 Å². The van der Waals surface area contributed by atoms with Crippen LogP contribution in [0.2, 0.25) is 5.02 Å². The highest BCUT2D eigenvalue weighted by atomic mass is 35.5. The zero-order chi connectivity index (χ0) is 19.8. The third kappa shape index (κ3) is 3.97. The van der Waals surface area contributed by atoms with E-state index in [-0.39, 0.29) is 21.4 Å². The summed E-state index contributed by atoms with van der Waals surface area (Å²) in [6, 6.07) is 11.1. The number of benzene rings is 2. The fourth-order valence-electron chi connectivity index (χ4n) is 2.91. The predicted molar refractivity (Wildman–Crippen MR) is 100 cm³/mol. The molecule has 142 valence electrons. The van der Waals surface area contributed by atoms with Crippen LogP contribution in [-0.4, -0.2) is 32.9 Å². The Bertz CT molecular complexity index is 1020. The van der Waals surface area contributed by atoms with Crippen LogP contribution < -0.4 is 10.0 Å². The van der Waals surface area contributed by atoms with Crippen LogP contribution in [0, 0.1) is 0 Å². The van der Waals surface area contributed by atoms with Crippen LogP contribution in [0.4, 0.5) is 5.69 Å². The summed E-state index contributed by atoms with van der Waals surface area (Å²) in [7, 11) is -4.10. The van der Waals surface area contributed by atoms with E-state index in [1.807, 2.05) is 24.3 Å². The van der Waals surface area contributed by atoms with Crippen LogP contribution >= 0.6 is 11.6 Å². The lowest BCUT2D eigenvalue weighted by molar-refractivity contribution is -0.126. The molecule has 9 heteroatoms. The Hall–Kier alpha value is -2.42. The van der Waals surface area contributed by atoms with E-state index in [4.69, 9.17) is 21.5 Å². The van der Waals surface area contributed by atoms with E-state index in [1.165, 1.54) is 19.1 Å². The summed E-state index contributed by atoms with van der Waals surface area (Å²) in [5, 5.41) is 4.97. The first kappa shape index (κ1) is 19.3. The van der Waals surface area contributed by atoms with Gasteiger partial charge in [-0.05, 0) is 43.2 Å². The second-order valence-corrected chi connectivity index (χ2v) is 8.04. The molecule has 0 radical (unpaired) electrons. The standard InChI is InChI=1S/C18H17ClN2O5S/c1-11(17(22)21-9-8-12-4-2-3-5-15(12)21)26-18(23)13-6-7-14(19)16(10-13)27(20,24)25/h2-7,10-11H,8-9H2,1H3,(H2,20,24,25). The Kier molecular flexibility index (Phi) is 5.23. The second-order valence-electron chi connectivity index (χ2n) is 6.11. The highest BCUT2D eigenvalue weighted by Gasteiger charge is 2.30. The number of para-hydroxylation sites is 1. The van der Waals surface area contributed by atoms with Crippen LogP contribution in [-0.2, 0) is 26.0 Å². The van der Waals surface area contributed by atoms with Crippen LogP contribution in [0.1, 0.15) is 22.8 Å². The third-order valence-corrected chi connectivity index (χ3v) is 5.65. The SMILES string of the molecule is CC(OC(=O)c1ccc(Cl)c(S(N)(=O)=O)c1)C(=O)N1CCc2ccccc21. The van der Waals surface area contributed by atoms with Gasteiger partial charge in [-0.2, -0.15) is 0 Å². The van der Waals surface area contributed by atoms with Crippen LogP contribution in [0.15, 0.2) is 47.4 Å². The molecule has 2 aromatic carbocycles. The number of sulfonamides is 1. The van der Waals surface area contributed by atoms with E-state index >= 15 is 0 Å². The summed E-state index contributed by atoms with van der Waals surface area (Å²) in [5.41, 5.74) is 1.79. The number of ether oxygens (including phenoxy) is 1. The Morgan fingerprint density at radius 1 is 1.22 bits per heavy atom. The number of carbonyl (C=O) groups is 2. The summed E-state index contributed by atoms with van der Waals surface area (Å²) >= 11 is 5.80. The number of primary sulfonamides is 1. The number of hydrogen-bond donors (Lipinski definition) is 1. The Balaban J connectivity index is 1.76. The number of anilines is 1. The van der Waals surface area contributed by atoms with E-state index in [0.717, 1.165) is 23.7 Å². The van der Waals surface area contributed by atoms with Crippen molar-refractivity contribution in [1.82, 2.24) is 0 Å². The van der Waals surface area contributed by atoms with Gasteiger partial charge in [0.05, 0.1) is 10.6 Å². The maximum absolute atomic E-state index is 12.7. The first-order chi connectivity index (χ1) is 12.7. The fraction of sp³-hybridized carbons (Fsp3) is 0.222. The lowest BCUT2D eigenvalue weighted by Crippen LogP contribution is -2.39. The number of halogens is 1. The van der Waals surface area contributed by atoms with Crippen molar-refractivity contribution in [2.45, 2.75) is 24.3 Å². The molecule has 1 unspecified atom stereocenters. The van der Waals surface area contributed by atoms with Gasteiger partial charge in [-0.25, -0.2) is 18.4 Å². The molecule has 0 saturated heterocycles. The highest BCUT2D eigenvalue weighted by Crippen LogP contribution is 2.28. The highest BCUT2D eigenvalue weighted by molar-refractivity contribution is 7.89. The van der Waals surface area contributed by atoms with Crippen molar-refractivity contribution in [2.24, 2.45) is 5.14 Å². The molecule has 2 aromatic rings. The first-order valence-corrected chi connectivity index (χ1v) is 10.0. The molecule has 1 heterocycles. The summed E-state index contributed by atoms with van der Waals surface area (Å²) < 4.78 is 28.3. The van der Waals surface area contributed by atoms with Gasteiger partial charge in [0.15, 0.2) is 6.10 Å². The normalized spacial score (nSPS) is 14.6. The van der Waals surface area contributed by atoms with Crippen molar-refractivity contribution in [1.29, 1.82) is 0 Å². The molecule has 1 aliphatic rings. The fourth-order valence-corrected chi connectivity index (χ4v) is 3.99. The van der Waals surface area contributed by atoms with Gasteiger partial charge in [0.1, 0.15) is 4.90 Å². The van der Waals surface area contributed by atoms with Crippen molar-refractivity contribution in [3.8, 4) is 0 Å². The maximum atomic E-state index is 12.7. The van der Waals surface area contributed by atoms with Gasteiger partial charge in [-0.1, -0.05) is 29.8 Å². The zero-order valence-corrected chi connectivity index (χ0v) is 16.0. The van der Waals surface area contributed by atoms with E-state index in [9.17, 15) is 18.0 Å². The Labute approximate surface area is 161 Å². The largest absolute Gasteiger partial charge is 0.449 e. The lowest BCUT2D eigenvalue weighted by Gasteiger charge is -2.21. The lowest BCUT2D eigenvalue weighted by atomic mass is 10.2. The molecule has 0 spiro atoms. The number of rotatable bonds is 4. The Morgan fingerprint density at radius 3 is 2.63 bits per heavy atom. The average molecular weight is 409 g/mol. The summed E-state index contributed by atoms with van der Waals surface area (Å²) in [5.74, 6) is -1.20. The van der Waals surface area contributed by atoms with E-state index in [0.29, 0.717) is 6.54 Å². The van der Waals surface area contributed by atoms with Crippen molar-refractivity contribution >= 4 is 39.2 Å². The summed E-state index contributed by atoms with van der Waals surface area (Å²) in [4.78, 5) is 26.2. The number of hydrogen-bond acceptors (Lipinski definition) is 5. The molecule has 1 amide bonds. The minimum Gasteiger partial charge on any atom is -0.449 e. The molecule has 7 nitrogen and oxygen atoms in total. The zero-order valence-electron chi connectivity index (χ0n) is 14.4. The van der Waals surface area contributed by atoms with Crippen LogP contribution in [0.3, 0.4) is 0 Å². The first-order valence-electron chi connectivity index (χ1n) is 8.11. The molecule has 1 aliphatic heterocycles. The molecular weight excluding hydrogens is 392 g/mol. The van der Waals surface area contributed by atoms with Crippen molar-refractivity contribution in [3.05, 3.63) is 58.6 Å². The number of esters is 1. The molecule has 0 aromatic heterocycles. The van der Waals surface area contributed by atoms with Crippen molar-refractivity contribution in [3.63, 3.8) is 0 Å². The smallest absolute Gasteiger partial charge is 0.338 e. The van der Waals surface area contributed by atoms with Gasteiger partial charge < -0.3 is 9.64 Å². The predicted octanol–water partition coefficient (Wildman–Crippen LogP) is 2.12. The third-order valence-electron chi connectivity index (χ3n) is 4.26. The minimum atomic E-state index is -4.10. The maximum Gasteiger partial charge on any atom is 0.338 e. The molecule has 2 N–H and O–H groups in total. The van der Waals surface area contributed by atoms with Crippen molar-refractivity contribution in [2.75, 3.05) is 11.4 Å². The van der Waals surface area contributed by atoms with Gasteiger partial charge in [0, 0.05) is 12.2 Å². The molecule has 3 rings (SSSR count). The number of amides is 1. The molecule has 1 atom stereocenters. The number of carbonyl (C=O) groups excluding carboxylic acids is 2. The molecule has 27 heavy (non-hydrogen) atoms. The van der Waals surface area contributed by atoms with Gasteiger partial charge in [-0.15, -0.1) is 0 Å². The van der Waals surface area contributed by atoms with Crippen LogP contribution in [0.25, 0.3) is 0 Å². The van der Waals surface area contributed by atoms with Crippen molar-refractivity contribution < 1.29 is 22.7 Å². The summed E-state index contributed by atoms with van der Waals surface area (Å²) in [6.45, 7) is 1.98. The minimum absolute atomic E-state index is 0.0649. The van der Waals surface area contributed by atoms with Gasteiger partial charge >= 0.3 is 5.97 Å². The average Bonchev–Trinajstić information content (AvgIpc) is 3.04. The van der Waals surface area contributed by atoms with Gasteiger partial charge in [0.2, 0.25) is 10.0 Å². The Morgan fingerprint density at radius 2 is 1.93 bits per heavy atom. The molecule has 0 bridgehead atoms. The molecular formula is C18H17ClN2O5S. The molecule has 0 fully saturated rings.